The van der Waals surface area contributed by atoms with E-state index in [0.717, 1.165) is 25.0 Å². The van der Waals surface area contributed by atoms with E-state index in [1.165, 1.54) is 18.4 Å². The number of unbranched alkanes of at least 4 members (excludes halogenated alkanes) is 1. The maximum absolute atomic E-state index is 7.39. The number of aryl methyl sites for hydroxylation is 1. The van der Waals surface area contributed by atoms with Gasteiger partial charge in [-0.2, -0.15) is 0 Å². The summed E-state index contributed by atoms with van der Waals surface area (Å²) in [5.41, 5.74) is 7.00. The van der Waals surface area contributed by atoms with Crippen LogP contribution in [0, 0.1) is 10.8 Å². The molecule has 2 rings (SSSR count). The van der Waals surface area contributed by atoms with Crippen LogP contribution in [0.25, 0.3) is 0 Å². The van der Waals surface area contributed by atoms with Gasteiger partial charge in [0.05, 0.1) is 12.4 Å². The van der Waals surface area contributed by atoms with E-state index in [-0.39, 0.29) is 11.3 Å². The Hall–Kier alpha value is -1.51. The predicted molar refractivity (Wildman–Crippen MR) is 78.7 cm³/mol. The van der Waals surface area contributed by atoms with E-state index in [4.69, 9.17) is 15.9 Å². The van der Waals surface area contributed by atoms with E-state index in [2.05, 4.69) is 31.2 Å². The van der Waals surface area contributed by atoms with Crippen molar-refractivity contribution < 1.29 is 4.74 Å². The quantitative estimate of drug-likeness (QED) is 0.555. The van der Waals surface area contributed by atoms with Gasteiger partial charge in [-0.25, -0.2) is 0 Å². The highest BCUT2D eigenvalue weighted by atomic mass is 16.5. The lowest BCUT2D eigenvalue weighted by Crippen LogP contribution is -2.21. The van der Waals surface area contributed by atoms with Crippen molar-refractivity contribution in [2.75, 3.05) is 6.61 Å². The molecular weight excluding hydrogens is 236 g/mol. The van der Waals surface area contributed by atoms with Crippen LogP contribution in [-0.2, 0) is 6.42 Å². The van der Waals surface area contributed by atoms with Gasteiger partial charge in [0, 0.05) is 11.8 Å². The van der Waals surface area contributed by atoms with Gasteiger partial charge in [-0.3, -0.25) is 5.41 Å². The Morgan fingerprint density at radius 1 is 1.32 bits per heavy atom. The first-order chi connectivity index (χ1) is 9.13. The van der Waals surface area contributed by atoms with Crippen molar-refractivity contribution in [2.24, 2.45) is 11.1 Å². The molecule has 1 aliphatic rings. The second-order valence-electron chi connectivity index (χ2n) is 5.74. The summed E-state index contributed by atoms with van der Waals surface area (Å²) in [7, 11) is 0. The van der Waals surface area contributed by atoms with Crippen LogP contribution in [0.15, 0.2) is 24.3 Å². The van der Waals surface area contributed by atoms with Crippen molar-refractivity contribution in [3.05, 3.63) is 29.8 Å². The van der Waals surface area contributed by atoms with Crippen molar-refractivity contribution in [1.82, 2.24) is 0 Å². The average Bonchev–Trinajstić information content (AvgIpc) is 3.14. The Morgan fingerprint density at radius 2 is 2.00 bits per heavy atom. The summed E-state index contributed by atoms with van der Waals surface area (Å²) >= 11 is 0. The van der Waals surface area contributed by atoms with E-state index < -0.39 is 0 Å². The zero-order valence-electron chi connectivity index (χ0n) is 11.7. The van der Waals surface area contributed by atoms with Crippen LogP contribution in [0.2, 0.25) is 0 Å². The van der Waals surface area contributed by atoms with Crippen LogP contribution < -0.4 is 10.5 Å². The number of ether oxygens (including phenoxy) is 1. The van der Waals surface area contributed by atoms with Crippen LogP contribution in [0.4, 0.5) is 0 Å². The summed E-state index contributed by atoms with van der Waals surface area (Å²) in [6.45, 7) is 2.89. The number of nitrogens with one attached hydrogen (secondary N) is 1. The molecule has 3 heteroatoms. The van der Waals surface area contributed by atoms with Gasteiger partial charge in [0.1, 0.15) is 5.75 Å². The second kappa shape index (κ2) is 6.09. The van der Waals surface area contributed by atoms with Crippen molar-refractivity contribution in [2.45, 2.75) is 45.4 Å². The van der Waals surface area contributed by atoms with Gasteiger partial charge in [-0.05, 0) is 43.4 Å². The first kappa shape index (κ1) is 13.9. The number of rotatable bonds is 8. The molecule has 0 bridgehead atoms. The predicted octanol–water partition coefficient (Wildman–Crippen LogP) is 3.51. The Balaban J connectivity index is 1.81. The van der Waals surface area contributed by atoms with Gasteiger partial charge >= 0.3 is 0 Å². The lowest BCUT2D eigenvalue weighted by molar-refractivity contribution is 0.238. The average molecular weight is 260 g/mol. The fourth-order valence-electron chi connectivity index (χ4n) is 2.32. The summed E-state index contributed by atoms with van der Waals surface area (Å²) in [6, 6.07) is 8.40. The summed E-state index contributed by atoms with van der Waals surface area (Å²) in [5.74, 6) is 1.20. The van der Waals surface area contributed by atoms with Gasteiger partial charge < -0.3 is 10.5 Å². The van der Waals surface area contributed by atoms with Crippen molar-refractivity contribution >= 4 is 5.84 Å². The van der Waals surface area contributed by atoms with Gasteiger partial charge in [0.15, 0.2) is 0 Å². The molecule has 0 aromatic heterocycles. The van der Waals surface area contributed by atoms with Gasteiger partial charge in [-0.1, -0.05) is 25.5 Å². The third-order valence-corrected chi connectivity index (χ3v) is 3.81. The standard InChI is InChI=1S/C16H24N2O/c1-2-3-4-13-5-7-14(8-6-13)19-12-16(9-10-16)11-15(17)18/h5-8H,2-4,9-12H2,1H3,(H3,17,18). The third kappa shape index (κ3) is 4.27. The summed E-state index contributed by atoms with van der Waals surface area (Å²) in [5, 5.41) is 7.39. The van der Waals surface area contributed by atoms with Crippen LogP contribution >= 0.6 is 0 Å². The van der Waals surface area contributed by atoms with Crippen molar-refractivity contribution in [3.63, 3.8) is 0 Å². The molecule has 104 valence electrons. The minimum Gasteiger partial charge on any atom is -0.493 e. The van der Waals surface area contributed by atoms with E-state index in [1.807, 2.05) is 0 Å². The molecule has 3 nitrogen and oxygen atoms in total. The van der Waals surface area contributed by atoms with E-state index in [1.54, 1.807) is 0 Å². The molecule has 0 unspecified atom stereocenters. The molecule has 1 aromatic rings. The zero-order valence-corrected chi connectivity index (χ0v) is 11.7. The molecule has 1 saturated carbocycles. The molecule has 3 N–H and O–H groups in total. The number of benzene rings is 1. The number of hydrogen-bond acceptors (Lipinski definition) is 2. The molecule has 0 saturated heterocycles. The first-order valence-corrected chi connectivity index (χ1v) is 7.18. The Morgan fingerprint density at radius 3 is 2.53 bits per heavy atom. The van der Waals surface area contributed by atoms with Gasteiger partial charge in [-0.15, -0.1) is 0 Å². The molecule has 0 atom stereocenters. The SMILES string of the molecule is CCCCc1ccc(OCC2(CC(=N)N)CC2)cc1. The largest absolute Gasteiger partial charge is 0.493 e. The highest BCUT2D eigenvalue weighted by molar-refractivity contribution is 5.78. The molecule has 1 aromatic carbocycles. The maximum Gasteiger partial charge on any atom is 0.119 e. The number of amidine groups is 1. The van der Waals surface area contributed by atoms with Crippen LogP contribution in [0.3, 0.4) is 0 Å². The molecule has 0 spiro atoms. The molecule has 0 heterocycles. The summed E-state index contributed by atoms with van der Waals surface area (Å²) in [6.07, 6.45) is 6.53. The van der Waals surface area contributed by atoms with Crippen LogP contribution in [0.5, 0.6) is 5.75 Å². The fourth-order valence-corrected chi connectivity index (χ4v) is 2.32. The highest BCUT2D eigenvalue weighted by Crippen LogP contribution is 2.48. The van der Waals surface area contributed by atoms with E-state index in [0.29, 0.717) is 13.0 Å². The zero-order chi connectivity index (χ0) is 13.7. The minimum atomic E-state index is 0.146. The fraction of sp³-hybridized carbons (Fsp3) is 0.562. The second-order valence-corrected chi connectivity index (χ2v) is 5.74. The Bertz CT molecular complexity index is 421. The highest BCUT2D eigenvalue weighted by Gasteiger charge is 2.43. The minimum absolute atomic E-state index is 0.146. The monoisotopic (exact) mass is 260 g/mol. The summed E-state index contributed by atoms with van der Waals surface area (Å²) in [4.78, 5) is 0. The molecule has 0 aliphatic heterocycles. The summed E-state index contributed by atoms with van der Waals surface area (Å²) < 4.78 is 5.84. The maximum atomic E-state index is 7.39. The molecule has 0 amide bonds. The van der Waals surface area contributed by atoms with Crippen LogP contribution in [-0.4, -0.2) is 12.4 Å². The smallest absolute Gasteiger partial charge is 0.119 e. The van der Waals surface area contributed by atoms with Crippen molar-refractivity contribution in [3.8, 4) is 5.75 Å². The van der Waals surface area contributed by atoms with Crippen LogP contribution in [0.1, 0.15) is 44.6 Å². The van der Waals surface area contributed by atoms with E-state index in [9.17, 15) is 0 Å². The Kier molecular flexibility index (Phi) is 4.46. The van der Waals surface area contributed by atoms with Gasteiger partial charge in [0.2, 0.25) is 0 Å². The molecule has 19 heavy (non-hydrogen) atoms. The number of nitrogens with two attached hydrogens (primary N) is 1. The van der Waals surface area contributed by atoms with Gasteiger partial charge in [0.25, 0.3) is 0 Å². The third-order valence-electron chi connectivity index (χ3n) is 3.81. The lowest BCUT2D eigenvalue weighted by Gasteiger charge is -2.15. The molecule has 1 fully saturated rings. The van der Waals surface area contributed by atoms with Crippen molar-refractivity contribution in [1.29, 1.82) is 5.41 Å². The van der Waals surface area contributed by atoms with E-state index >= 15 is 0 Å². The lowest BCUT2D eigenvalue weighted by atomic mass is 10.0. The molecule has 0 radical (unpaired) electrons. The number of hydrogen-bond donors (Lipinski definition) is 2. The normalized spacial score (nSPS) is 16.1. The Labute approximate surface area is 115 Å². The molecule has 1 aliphatic carbocycles. The topological polar surface area (TPSA) is 59.1 Å². The molecular formula is C16H24N2O. The first-order valence-electron chi connectivity index (χ1n) is 7.18.